The fourth-order valence-corrected chi connectivity index (χ4v) is 3.41. The molecule has 0 spiro atoms. The van der Waals surface area contributed by atoms with Crippen molar-refractivity contribution in [2.45, 2.75) is 57.9 Å². The van der Waals surface area contributed by atoms with Gasteiger partial charge in [-0.25, -0.2) is 0 Å². The molecule has 2 atom stereocenters. The molecule has 0 aromatic heterocycles. The third-order valence-corrected chi connectivity index (χ3v) is 4.71. The number of hydrogen-bond donors (Lipinski definition) is 1. The van der Waals surface area contributed by atoms with Gasteiger partial charge in [0.25, 0.3) is 0 Å². The van der Waals surface area contributed by atoms with Gasteiger partial charge in [0.15, 0.2) is 0 Å². The van der Waals surface area contributed by atoms with Crippen molar-refractivity contribution in [1.29, 1.82) is 0 Å². The summed E-state index contributed by atoms with van der Waals surface area (Å²) in [6.45, 7) is 7.23. The normalized spacial score (nSPS) is 20.5. The van der Waals surface area contributed by atoms with Gasteiger partial charge in [-0.15, -0.1) is 0 Å². The van der Waals surface area contributed by atoms with Crippen molar-refractivity contribution in [3.8, 4) is 0 Å². The van der Waals surface area contributed by atoms with Gasteiger partial charge >= 0.3 is 0 Å². The minimum Gasteiger partial charge on any atom is -0.354 e. The molecule has 0 radical (unpaired) electrons. The summed E-state index contributed by atoms with van der Waals surface area (Å²) in [5.41, 5.74) is 1.32. The molecule has 1 amide bonds. The van der Waals surface area contributed by atoms with Gasteiger partial charge in [0, 0.05) is 12.5 Å². The van der Waals surface area contributed by atoms with Gasteiger partial charge < -0.3 is 5.32 Å². The predicted molar refractivity (Wildman–Crippen MR) is 92.0 cm³/mol. The molecular weight excluding hydrogens is 272 g/mol. The monoisotopic (exact) mass is 302 g/mol. The van der Waals surface area contributed by atoms with E-state index in [1.807, 2.05) is 6.07 Å². The smallest absolute Gasteiger partial charge is 0.237 e. The summed E-state index contributed by atoms with van der Waals surface area (Å²) >= 11 is 0. The van der Waals surface area contributed by atoms with Crippen LogP contribution in [0.1, 0.15) is 57.4 Å². The zero-order chi connectivity index (χ0) is 15.8. The van der Waals surface area contributed by atoms with Crippen LogP contribution in [0.25, 0.3) is 0 Å². The van der Waals surface area contributed by atoms with Gasteiger partial charge in [-0.2, -0.15) is 0 Å². The van der Waals surface area contributed by atoms with Crippen LogP contribution in [0, 0.1) is 0 Å². The second-order valence-corrected chi connectivity index (χ2v) is 6.31. The summed E-state index contributed by atoms with van der Waals surface area (Å²) in [4.78, 5) is 14.9. The van der Waals surface area contributed by atoms with Crippen molar-refractivity contribution < 1.29 is 4.79 Å². The summed E-state index contributed by atoms with van der Waals surface area (Å²) in [7, 11) is 0. The van der Waals surface area contributed by atoms with Crippen molar-refractivity contribution >= 4 is 5.91 Å². The van der Waals surface area contributed by atoms with Crippen LogP contribution in [0.4, 0.5) is 0 Å². The molecule has 1 N–H and O–H groups in total. The zero-order valence-electron chi connectivity index (χ0n) is 14.1. The third-order valence-electron chi connectivity index (χ3n) is 4.71. The first kappa shape index (κ1) is 17.0. The average molecular weight is 302 g/mol. The van der Waals surface area contributed by atoms with E-state index in [0.717, 1.165) is 38.9 Å². The maximum Gasteiger partial charge on any atom is 0.237 e. The molecule has 3 heteroatoms. The highest BCUT2D eigenvalue weighted by Gasteiger charge is 2.28. The van der Waals surface area contributed by atoms with Gasteiger partial charge in [0.1, 0.15) is 0 Å². The van der Waals surface area contributed by atoms with Gasteiger partial charge in [0.05, 0.1) is 6.04 Å². The lowest BCUT2D eigenvalue weighted by atomic mass is 9.96. The molecular formula is C19H30N2O. The number of carbonyl (C=O) groups is 1. The molecule has 1 aromatic rings. The van der Waals surface area contributed by atoms with Crippen molar-refractivity contribution in [2.75, 3.05) is 19.6 Å². The van der Waals surface area contributed by atoms with E-state index in [4.69, 9.17) is 0 Å². The molecule has 3 nitrogen and oxygen atoms in total. The lowest BCUT2D eigenvalue weighted by Gasteiger charge is -2.34. The number of rotatable bonds is 7. The maximum absolute atomic E-state index is 12.6. The van der Waals surface area contributed by atoms with Gasteiger partial charge in [-0.1, -0.05) is 50.6 Å². The fourth-order valence-electron chi connectivity index (χ4n) is 3.41. The quantitative estimate of drug-likeness (QED) is 0.835. The topological polar surface area (TPSA) is 32.3 Å². The van der Waals surface area contributed by atoms with Crippen LogP contribution < -0.4 is 5.32 Å². The standard InChI is InChI=1S/C19H30N2O/c1-3-13-21-14-9-8-12-18(21)19(22)20-15-16(4-2)17-10-6-5-7-11-17/h5-7,10-11,16,18H,3-4,8-9,12-15H2,1-2H3,(H,20,22). The van der Waals surface area contributed by atoms with Crippen molar-refractivity contribution in [3.05, 3.63) is 35.9 Å². The first-order valence-corrected chi connectivity index (χ1v) is 8.83. The number of nitrogens with zero attached hydrogens (tertiary/aromatic N) is 1. The predicted octanol–water partition coefficient (Wildman–Crippen LogP) is 3.56. The number of benzene rings is 1. The molecule has 0 saturated carbocycles. The van der Waals surface area contributed by atoms with Crippen LogP contribution in [0.15, 0.2) is 30.3 Å². The van der Waals surface area contributed by atoms with E-state index >= 15 is 0 Å². The van der Waals surface area contributed by atoms with Crippen LogP contribution >= 0.6 is 0 Å². The number of nitrogens with one attached hydrogen (secondary N) is 1. The van der Waals surface area contributed by atoms with E-state index in [-0.39, 0.29) is 11.9 Å². The van der Waals surface area contributed by atoms with Crippen LogP contribution in [0.3, 0.4) is 0 Å². The highest BCUT2D eigenvalue weighted by molar-refractivity contribution is 5.81. The first-order valence-electron chi connectivity index (χ1n) is 8.83. The Kier molecular flexibility index (Phi) is 6.91. The Balaban J connectivity index is 1.90. The summed E-state index contributed by atoms with van der Waals surface area (Å²) in [6, 6.07) is 10.6. The van der Waals surface area contributed by atoms with Gasteiger partial charge in [-0.3, -0.25) is 9.69 Å². The molecule has 22 heavy (non-hydrogen) atoms. The summed E-state index contributed by atoms with van der Waals surface area (Å²) < 4.78 is 0. The van der Waals surface area contributed by atoms with Crippen LogP contribution in [-0.2, 0) is 4.79 Å². The van der Waals surface area contributed by atoms with E-state index in [2.05, 4.69) is 48.3 Å². The molecule has 1 fully saturated rings. The lowest BCUT2D eigenvalue weighted by Crippen LogP contribution is -2.50. The number of piperidine rings is 1. The van der Waals surface area contributed by atoms with E-state index in [1.165, 1.54) is 18.4 Å². The third kappa shape index (κ3) is 4.57. The van der Waals surface area contributed by atoms with E-state index in [0.29, 0.717) is 5.92 Å². The molecule has 1 heterocycles. The minimum atomic E-state index is 0.0852. The molecule has 1 aliphatic rings. The second-order valence-electron chi connectivity index (χ2n) is 6.31. The fraction of sp³-hybridized carbons (Fsp3) is 0.632. The first-order chi connectivity index (χ1) is 10.8. The Hall–Kier alpha value is -1.35. The summed E-state index contributed by atoms with van der Waals surface area (Å²) in [6.07, 6.45) is 5.58. The molecule has 122 valence electrons. The Labute approximate surface area is 135 Å². The van der Waals surface area contributed by atoms with E-state index < -0.39 is 0 Å². The highest BCUT2D eigenvalue weighted by Crippen LogP contribution is 2.20. The molecule has 2 unspecified atom stereocenters. The van der Waals surface area contributed by atoms with Gasteiger partial charge in [0.2, 0.25) is 5.91 Å². The molecule has 1 saturated heterocycles. The van der Waals surface area contributed by atoms with E-state index in [1.54, 1.807) is 0 Å². The van der Waals surface area contributed by atoms with Crippen LogP contribution in [-0.4, -0.2) is 36.5 Å². The number of carbonyl (C=O) groups excluding carboxylic acids is 1. The zero-order valence-corrected chi connectivity index (χ0v) is 14.1. The van der Waals surface area contributed by atoms with Crippen molar-refractivity contribution in [2.24, 2.45) is 0 Å². The molecule has 0 bridgehead atoms. The maximum atomic E-state index is 12.6. The summed E-state index contributed by atoms with van der Waals surface area (Å²) in [5.74, 6) is 0.635. The Bertz CT molecular complexity index is 444. The lowest BCUT2D eigenvalue weighted by molar-refractivity contribution is -0.127. The molecule has 1 aromatic carbocycles. The van der Waals surface area contributed by atoms with Gasteiger partial charge in [-0.05, 0) is 44.3 Å². The van der Waals surface area contributed by atoms with Crippen LogP contribution in [0.2, 0.25) is 0 Å². The Morgan fingerprint density at radius 3 is 2.73 bits per heavy atom. The number of amides is 1. The van der Waals surface area contributed by atoms with Crippen LogP contribution in [0.5, 0.6) is 0 Å². The number of hydrogen-bond acceptors (Lipinski definition) is 2. The minimum absolute atomic E-state index is 0.0852. The Morgan fingerprint density at radius 1 is 1.27 bits per heavy atom. The average Bonchev–Trinajstić information content (AvgIpc) is 2.57. The van der Waals surface area contributed by atoms with Crippen molar-refractivity contribution in [1.82, 2.24) is 10.2 Å². The Morgan fingerprint density at radius 2 is 2.05 bits per heavy atom. The molecule has 0 aliphatic carbocycles. The largest absolute Gasteiger partial charge is 0.354 e. The van der Waals surface area contributed by atoms with E-state index in [9.17, 15) is 4.79 Å². The second kappa shape index (κ2) is 8.94. The highest BCUT2D eigenvalue weighted by atomic mass is 16.2. The molecule has 1 aliphatic heterocycles. The molecule has 2 rings (SSSR count). The number of likely N-dealkylation sites (tertiary alicyclic amines) is 1. The summed E-state index contributed by atoms with van der Waals surface area (Å²) in [5, 5.41) is 3.21. The SMILES string of the molecule is CCCN1CCCCC1C(=O)NCC(CC)c1ccccc1. The van der Waals surface area contributed by atoms with Crippen molar-refractivity contribution in [3.63, 3.8) is 0 Å².